The van der Waals surface area contributed by atoms with Crippen molar-refractivity contribution in [2.45, 2.75) is 12.8 Å². The van der Waals surface area contributed by atoms with Gasteiger partial charge in [0.05, 0.1) is 13.0 Å². The van der Waals surface area contributed by atoms with Crippen LogP contribution in [0.25, 0.3) is 0 Å². The highest BCUT2D eigenvalue weighted by Gasteiger charge is 2.08. The second-order valence-corrected chi connectivity index (χ2v) is 1.67. The molecule has 0 unspecified atom stereocenters. The van der Waals surface area contributed by atoms with Crippen LogP contribution in [-0.2, 0) is 4.79 Å². The van der Waals surface area contributed by atoms with E-state index in [4.69, 9.17) is 5.11 Å². The Morgan fingerprint density at radius 2 is 2.20 bits per heavy atom. The SMILES string of the molecule is O=C(CC(F)F)NCCO. The first-order valence-corrected chi connectivity index (χ1v) is 2.82. The number of nitrogens with one attached hydrogen (secondary N) is 1. The predicted molar refractivity (Wildman–Crippen MR) is 30.7 cm³/mol. The van der Waals surface area contributed by atoms with Crippen LogP contribution in [0.15, 0.2) is 0 Å². The van der Waals surface area contributed by atoms with Gasteiger partial charge in [-0.05, 0) is 0 Å². The van der Waals surface area contributed by atoms with E-state index in [1.165, 1.54) is 0 Å². The van der Waals surface area contributed by atoms with Crippen molar-refractivity contribution in [3.63, 3.8) is 0 Å². The van der Waals surface area contributed by atoms with Crippen LogP contribution >= 0.6 is 0 Å². The molecule has 0 saturated heterocycles. The Morgan fingerprint density at radius 3 is 2.60 bits per heavy atom. The molecule has 0 radical (unpaired) electrons. The van der Waals surface area contributed by atoms with Gasteiger partial charge in [-0.2, -0.15) is 0 Å². The quantitative estimate of drug-likeness (QED) is 0.585. The minimum Gasteiger partial charge on any atom is -0.395 e. The number of carbonyl (C=O) groups excluding carboxylic acids is 1. The summed E-state index contributed by atoms with van der Waals surface area (Å²) in [6, 6.07) is 0. The van der Waals surface area contributed by atoms with E-state index in [-0.39, 0.29) is 13.2 Å². The third kappa shape index (κ3) is 5.43. The zero-order valence-corrected chi connectivity index (χ0v) is 5.31. The molecular weight excluding hydrogens is 144 g/mol. The minimum absolute atomic E-state index is 0.0333. The number of halogens is 2. The lowest BCUT2D eigenvalue weighted by atomic mass is 10.4. The molecule has 0 aromatic carbocycles. The highest BCUT2D eigenvalue weighted by molar-refractivity contribution is 5.76. The van der Waals surface area contributed by atoms with Crippen LogP contribution in [-0.4, -0.2) is 30.6 Å². The van der Waals surface area contributed by atoms with Gasteiger partial charge < -0.3 is 10.4 Å². The molecule has 1 amide bonds. The van der Waals surface area contributed by atoms with Crippen molar-refractivity contribution in [2.75, 3.05) is 13.2 Å². The molecule has 0 aliphatic rings. The van der Waals surface area contributed by atoms with Crippen LogP contribution in [0.1, 0.15) is 6.42 Å². The first kappa shape index (κ1) is 9.29. The molecule has 0 bridgehead atoms. The van der Waals surface area contributed by atoms with Crippen LogP contribution in [0.5, 0.6) is 0 Å². The molecule has 0 aliphatic carbocycles. The number of aliphatic hydroxyl groups is 1. The van der Waals surface area contributed by atoms with Crippen LogP contribution in [0.4, 0.5) is 8.78 Å². The van der Waals surface area contributed by atoms with Gasteiger partial charge >= 0.3 is 0 Å². The topological polar surface area (TPSA) is 49.3 Å². The maximum atomic E-state index is 11.4. The van der Waals surface area contributed by atoms with Gasteiger partial charge in [0.25, 0.3) is 0 Å². The van der Waals surface area contributed by atoms with E-state index in [2.05, 4.69) is 5.32 Å². The molecule has 0 atom stereocenters. The molecule has 5 heteroatoms. The van der Waals surface area contributed by atoms with E-state index in [0.29, 0.717) is 0 Å². The van der Waals surface area contributed by atoms with Crippen molar-refractivity contribution < 1.29 is 18.7 Å². The summed E-state index contributed by atoms with van der Waals surface area (Å²) in [6.07, 6.45) is -3.40. The van der Waals surface area contributed by atoms with E-state index in [1.54, 1.807) is 0 Å². The molecule has 0 heterocycles. The zero-order valence-electron chi connectivity index (χ0n) is 5.31. The monoisotopic (exact) mass is 153 g/mol. The van der Waals surface area contributed by atoms with Crippen molar-refractivity contribution in [1.29, 1.82) is 0 Å². The van der Waals surface area contributed by atoms with Gasteiger partial charge in [-0.15, -0.1) is 0 Å². The van der Waals surface area contributed by atoms with Crippen molar-refractivity contribution in [2.24, 2.45) is 0 Å². The molecule has 0 saturated carbocycles. The van der Waals surface area contributed by atoms with E-state index < -0.39 is 18.8 Å². The van der Waals surface area contributed by atoms with Crippen molar-refractivity contribution >= 4 is 5.91 Å². The zero-order chi connectivity index (χ0) is 7.98. The number of hydrogen-bond acceptors (Lipinski definition) is 2. The lowest BCUT2D eigenvalue weighted by Gasteiger charge is -2.00. The number of rotatable bonds is 4. The van der Waals surface area contributed by atoms with E-state index in [1.807, 2.05) is 0 Å². The highest BCUT2D eigenvalue weighted by atomic mass is 19.3. The van der Waals surface area contributed by atoms with E-state index in [0.717, 1.165) is 0 Å². The molecule has 0 spiro atoms. The maximum Gasteiger partial charge on any atom is 0.247 e. The van der Waals surface area contributed by atoms with Crippen LogP contribution in [0.2, 0.25) is 0 Å². The summed E-state index contributed by atoms with van der Waals surface area (Å²) in [7, 11) is 0. The van der Waals surface area contributed by atoms with Gasteiger partial charge in [0, 0.05) is 6.54 Å². The number of alkyl halides is 2. The first-order chi connectivity index (χ1) is 4.66. The molecule has 60 valence electrons. The third-order valence-electron chi connectivity index (χ3n) is 0.774. The fourth-order valence-electron chi connectivity index (χ4n) is 0.408. The summed E-state index contributed by atoms with van der Waals surface area (Å²) < 4.78 is 22.8. The second kappa shape index (κ2) is 5.10. The van der Waals surface area contributed by atoms with Gasteiger partial charge in [-0.25, -0.2) is 8.78 Å². The summed E-state index contributed by atoms with van der Waals surface area (Å²) >= 11 is 0. The smallest absolute Gasteiger partial charge is 0.247 e. The fourth-order valence-corrected chi connectivity index (χ4v) is 0.408. The standard InChI is InChI=1S/C5H9F2NO2/c6-4(7)3-5(10)8-1-2-9/h4,9H,1-3H2,(H,8,10). The molecule has 0 aromatic heterocycles. The van der Waals surface area contributed by atoms with Crippen LogP contribution in [0.3, 0.4) is 0 Å². The van der Waals surface area contributed by atoms with Crippen molar-refractivity contribution in [3.05, 3.63) is 0 Å². The Kier molecular flexibility index (Phi) is 4.74. The summed E-state index contributed by atoms with van der Waals surface area (Å²) in [5, 5.41) is 10.2. The normalized spacial score (nSPS) is 10.0. The summed E-state index contributed by atoms with van der Waals surface area (Å²) in [4.78, 5) is 10.3. The van der Waals surface area contributed by atoms with Gasteiger partial charge in [-0.3, -0.25) is 4.79 Å². The van der Waals surface area contributed by atoms with E-state index in [9.17, 15) is 13.6 Å². The van der Waals surface area contributed by atoms with E-state index >= 15 is 0 Å². The van der Waals surface area contributed by atoms with Crippen molar-refractivity contribution in [3.8, 4) is 0 Å². The maximum absolute atomic E-state index is 11.4. The Bertz CT molecular complexity index is 108. The Hall–Kier alpha value is -0.710. The summed E-state index contributed by atoms with van der Waals surface area (Å²) in [5.41, 5.74) is 0. The Balaban J connectivity index is 3.26. The van der Waals surface area contributed by atoms with Gasteiger partial charge in [-0.1, -0.05) is 0 Å². The average molecular weight is 153 g/mol. The molecule has 3 nitrogen and oxygen atoms in total. The number of carbonyl (C=O) groups is 1. The average Bonchev–Trinajstić information content (AvgIpc) is 1.82. The molecule has 0 aliphatic heterocycles. The summed E-state index contributed by atoms with van der Waals surface area (Å²) in [6.45, 7) is -0.194. The second-order valence-electron chi connectivity index (χ2n) is 1.67. The highest BCUT2D eigenvalue weighted by Crippen LogP contribution is 1.96. The van der Waals surface area contributed by atoms with Crippen molar-refractivity contribution in [1.82, 2.24) is 5.32 Å². The molecule has 10 heavy (non-hydrogen) atoms. The fraction of sp³-hybridized carbons (Fsp3) is 0.800. The first-order valence-electron chi connectivity index (χ1n) is 2.82. The lowest BCUT2D eigenvalue weighted by Crippen LogP contribution is -2.27. The number of hydrogen-bond donors (Lipinski definition) is 2. The van der Waals surface area contributed by atoms with Gasteiger partial charge in [0.1, 0.15) is 0 Å². The number of aliphatic hydroxyl groups excluding tert-OH is 1. The Morgan fingerprint density at radius 1 is 1.60 bits per heavy atom. The van der Waals surface area contributed by atoms with Gasteiger partial charge in [0.15, 0.2) is 0 Å². The molecule has 2 N–H and O–H groups in total. The molecule has 0 aromatic rings. The Labute approximate surface area is 57.0 Å². The molecular formula is C5H9F2NO2. The lowest BCUT2D eigenvalue weighted by molar-refractivity contribution is -0.123. The van der Waals surface area contributed by atoms with Crippen LogP contribution < -0.4 is 5.32 Å². The van der Waals surface area contributed by atoms with Gasteiger partial charge in [0.2, 0.25) is 12.3 Å². The molecule has 0 fully saturated rings. The summed E-state index contributed by atoms with van der Waals surface area (Å²) in [5.74, 6) is -0.732. The number of amides is 1. The predicted octanol–water partition coefficient (Wildman–Crippen LogP) is -0.250. The minimum atomic E-state index is -2.61. The third-order valence-corrected chi connectivity index (χ3v) is 0.774. The molecule has 0 rings (SSSR count). The largest absolute Gasteiger partial charge is 0.395 e. The van der Waals surface area contributed by atoms with Crippen LogP contribution in [0, 0.1) is 0 Å².